The Balaban J connectivity index is 3.09. The molecule has 0 fully saturated rings. The molecule has 12 heavy (non-hydrogen) atoms. The van der Waals surface area contributed by atoms with Gasteiger partial charge in [0.25, 0.3) is 0 Å². The zero-order chi connectivity index (χ0) is 9.14. The number of hydrogen-bond acceptors (Lipinski definition) is 2. The lowest BCUT2D eigenvalue weighted by molar-refractivity contribution is 1.64. The van der Waals surface area contributed by atoms with Crippen LogP contribution in [-0.2, 0) is 0 Å². The molecule has 0 radical (unpaired) electrons. The monoisotopic (exact) mass is 252 g/mol. The lowest BCUT2D eigenvalue weighted by Gasteiger charge is -1.90. The summed E-state index contributed by atoms with van der Waals surface area (Å²) in [5.74, 6) is 0. The van der Waals surface area contributed by atoms with E-state index < -0.39 is 0 Å². The quantitative estimate of drug-likeness (QED) is 0.780. The first-order chi connectivity index (χ1) is 5.66. The Morgan fingerprint density at radius 2 is 2.25 bits per heavy atom. The van der Waals surface area contributed by atoms with Crippen molar-refractivity contribution in [2.45, 2.75) is 6.92 Å². The molecule has 2 atom stereocenters. The van der Waals surface area contributed by atoms with E-state index in [1.165, 1.54) is 23.5 Å². The molecular weight excluding hydrogens is 243 g/mol. The lowest BCUT2D eigenvalue weighted by Crippen LogP contribution is -2.07. The lowest BCUT2D eigenvalue weighted by atomic mass is 10.4. The second-order valence-corrected chi connectivity index (χ2v) is 9.09. The van der Waals surface area contributed by atoms with Gasteiger partial charge in [0.15, 0.2) is 0 Å². The van der Waals surface area contributed by atoms with Gasteiger partial charge in [0.1, 0.15) is 0 Å². The molecule has 0 amide bonds. The third-order valence-electron chi connectivity index (χ3n) is 1.44. The molecule has 0 aliphatic heterocycles. The molecule has 64 valence electrons. The van der Waals surface area contributed by atoms with Crippen LogP contribution in [-0.4, -0.2) is 0 Å². The Hall–Kier alpha value is 0.710. The summed E-state index contributed by atoms with van der Waals surface area (Å²) < 4.78 is 0. The van der Waals surface area contributed by atoms with E-state index in [4.69, 9.17) is 10.9 Å². The van der Waals surface area contributed by atoms with Crippen LogP contribution in [0.15, 0.2) is 0 Å². The molecule has 0 bridgehead atoms. The summed E-state index contributed by atoms with van der Waals surface area (Å²) in [6.07, 6.45) is 0. The highest BCUT2D eigenvalue weighted by Gasteiger charge is 2.05. The molecule has 2 unspecified atom stereocenters. The predicted molar refractivity (Wildman–Crippen MR) is 67.6 cm³/mol. The molecule has 0 saturated carbocycles. The first-order valence-electron chi connectivity index (χ1n) is 3.17. The average molecular weight is 252 g/mol. The largest absolute Gasteiger partial charge is 0.398 e. The second-order valence-electron chi connectivity index (χ2n) is 2.22. The first kappa shape index (κ1) is 10.8. The highest BCUT2D eigenvalue weighted by Crippen LogP contribution is 2.33. The van der Waals surface area contributed by atoms with Gasteiger partial charge in [0.05, 0.1) is 8.06 Å². The van der Waals surface area contributed by atoms with Gasteiger partial charge in [-0.15, -0.1) is 17.4 Å². The van der Waals surface area contributed by atoms with E-state index in [1.807, 2.05) is 0 Å². The Labute approximate surface area is 80.4 Å². The number of aryl methyl sites for hydroxylation is 1. The van der Waals surface area contributed by atoms with Gasteiger partial charge in [-0.2, -0.15) is 0 Å². The highest BCUT2D eigenvalue weighted by molar-refractivity contribution is 8.23. The van der Waals surface area contributed by atoms with E-state index in [0.717, 1.165) is 21.4 Å². The Morgan fingerprint density at radius 3 is 2.67 bits per heavy atom. The second kappa shape index (κ2) is 4.81. The zero-order valence-electron chi connectivity index (χ0n) is 6.50. The molecule has 1 rings (SSSR count). The van der Waals surface area contributed by atoms with Crippen LogP contribution in [0.2, 0.25) is 0 Å². The van der Waals surface area contributed by atoms with Crippen molar-refractivity contribution in [3.05, 3.63) is 5.30 Å². The van der Waals surface area contributed by atoms with Crippen LogP contribution in [0.1, 0.15) is 5.30 Å². The van der Waals surface area contributed by atoms with Crippen molar-refractivity contribution >= 4 is 56.9 Å². The molecule has 0 saturated heterocycles. The fourth-order valence-corrected chi connectivity index (χ4v) is 7.43. The van der Waals surface area contributed by atoms with Crippen LogP contribution in [0, 0.1) is 12.1 Å². The molecular formula is C5H9N2P5. The number of anilines is 1. The van der Waals surface area contributed by atoms with Crippen LogP contribution < -0.4 is 16.1 Å². The van der Waals surface area contributed by atoms with Crippen molar-refractivity contribution in [1.82, 2.24) is 0 Å². The number of nitrogens with two attached hydrogens (primary N) is 1. The first-order valence-corrected chi connectivity index (χ1v) is 8.85. The molecule has 0 aromatic carbocycles. The van der Waals surface area contributed by atoms with Gasteiger partial charge in [-0.25, -0.2) is 0 Å². The van der Waals surface area contributed by atoms with Crippen LogP contribution in [0.4, 0.5) is 5.69 Å². The maximum absolute atomic E-state index is 7.01. The molecule has 0 spiro atoms. The van der Waals surface area contributed by atoms with E-state index in [9.17, 15) is 0 Å². The fourth-order valence-electron chi connectivity index (χ4n) is 0.788. The zero-order valence-corrected chi connectivity index (χ0v) is 11.3. The van der Waals surface area contributed by atoms with E-state index in [2.05, 4.69) is 16.2 Å². The van der Waals surface area contributed by atoms with Crippen LogP contribution in [0.5, 0.6) is 0 Å². The summed E-state index contributed by atoms with van der Waals surface area (Å²) in [4.78, 5) is 0. The van der Waals surface area contributed by atoms with Gasteiger partial charge >= 0.3 is 0 Å². The number of rotatable bonds is 2. The van der Waals surface area contributed by atoms with Crippen molar-refractivity contribution in [3.63, 3.8) is 0 Å². The van der Waals surface area contributed by atoms with Gasteiger partial charge in [-0.1, -0.05) is 0 Å². The van der Waals surface area contributed by atoms with E-state index >= 15 is 0 Å². The summed E-state index contributed by atoms with van der Waals surface area (Å²) in [5.41, 5.74) is 6.78. The third kappa shape index (κ3) is 2.35. The molecule has 1 heterocycles. The third-order valence-corrected chi connectivity index (χ3v) is 8.33. The highest BCUT2D eigenvalue weighted by atomic mass is 32.2. The van der Waals surface area contributed by atoms with Gasteiger partial charge in [-0.3, -0.25) is 5.16 Å². The fraction of sp³-hybridized carbons (Fsp3) is 0.200. The average Bonchev–Trinajstić information content (AvgIpc) is 2.30. The van der Waals surface area contributed by atoms with Gasteiger partial charge in [0.2, 0.25) is 0 Å². The summed E-state index contributed by atoms with van der Waals surface area (Å²) in [6, 6.07) is 0. The molecule has 0 aliphatic carbocycles. The molecule has 3 N–H and O–H groups in total. The Bertz CT molecular complexity index is 329. The number of nitrogens with one attached hydrogen (secondary N) is 1. The SMILES string of the molecule is Cc1[pH]c(P=PP=N)c(P)c1N. The number of nitrogen functional groups attached to an aromatic ring is 1. The standard InChI is InChI=1S/C5H9N2P5/c1-2-3(6)4(8)5(9-2)10-12-11-7/h7,9H,6,8H2,1H3. The van der Waals surface area contributed by atoms with Crippen molar-refractivity contribution < 1.29 is 0 Å². The smallest absolute Gasteiger partial charge is 0.0650 e. The minimum Gasteiger partial charge on any atom is -0.398 e. The van der Waals surface area contributed by atoms with Gasteiger partial charge < -0.3 is 5.73 Å². The summed E-state index contributed by atoms with van der Waals surface area (Å²) in [7, 11) is 6.50. The summed E-state index contributed by atoms with van der Waals surface area (Å²) in [5, 5.41) is 10.9. The van der Waals surface area contributed by atoms with Crippen molar-refractivity contribution in [1.29, 1.82) is 5.16 Å². The van der Waals surface area contributed by atoms with Gasteiger partial charge in [0, 0.05) is 23.6 Å². The summed E-state index contributed by atoms with van der Waals surface area (Å²) >= 11 is 0. The van der Waals surface area contributed by atoms with Crippen LogP contribution >= 0.6 is 40.9 Å². The van der Waals surface area contributed by atoms with Crippen molar-refractivity contribution in [3.8, 4) is 0 Å². The molecule has 2 nitrogen and oxygen atoms in total. The Kier molecular flexibility index (Phi) is 4.32. The predicted octanol–water partition coefficient (Wildman–Crippen LogP) is 3.17. The van der Waals surface area contributed by atoms with Crippen molar-refractivity contribution in [2.24, 2.45) is 0 Å². The van der Waals surface area contributed by atoms with Gasteiger partial charge in [-0.05, 0) is 20.1 Å². The maximum atomic E-state index is 7.01. The molecule has 0 aliphatic rings. The summed E-state index contributed by atoms with van der Waals surface area (Å²) in [6.45, 7) is 2.08. The normalized spacial score (nSPS) is 12.2. The minimum absolute atomic E-state index is 0.687. The van der Waals surface area contributed by atoms with E-state index in [-0.39, 0.29) is 0 Å². The molecule has 1 aromatic rings. The molecule has 7 heteroatoms. The van der Waals surface area contributed by atoms with E-state index in [1.54, 1.807) is 0 Å². The number of hydrogen-bond donors (Lipinski definition) is 2. The van der Waals surface area contributed by atoms with Crippen LogP contribution in [0.3, 0.4) is 0 Å². The van der Waals surface area contributed by atoms with Crippen molar-refractivity contribution in [2.75, 3.05) is 5.73 Å². The van der Waals surface area contributed by atoms with Crippen LogP contribution in [0.25, 0.3) is 0 Å². The topological polar surface area (TPSA) is 49.9 Å². The minimum atomic E-state index is 0.687. The van der Waals surface area contributed by atoms with E-state index in [0.29, 0.717) is 8.06 Å². The Morgan fingerprint density at radius 1 is 1.58 bits per heavy atom. The molecule has 1 aromatic heterocycles. The maximum Gasteiger partial charge on any atom is 0.0650 e.